The lowest BCUT2D eigenvalue weighted by atomic mass is 10.1. The van der Waals surface area contributed by atoms with Gasteiger partial charge in [0.2, 0.25) is 5.91 Å². The molecule has 19 heavy (non-hydrogen) atoms. The summed E-state index contributed by atoms with van der Waals surface area (Å²) in [5, 5.41) is 4.10. The zero-order valence-corrected chi connectivity index (χ0v) is 12.1. The number of hydrogen-bond donors (Lipinski definition) is 1. The van der Waals surface area contributed by atoms with Crippen LogP contribution in [0.2, 0.25) is 0 Å². The van der Waals surface area contributed by atoms with Crippen molar-refractivity contribution in [2.45, 2.75) is 34.1 Å². The van der Waals surface area contributed by atoms with Gasteiger partial charge in [0.15, 0.2) is 0 Å². The molecule has 1 N–H and O–H groups in total. The third-order valence-electron chi connectivity index (χ3n) is 2.53. The second kappa shape index (κ2) is 7.56. The minimum atomic E-state index is -0.0553. The number of hydrazone groups is 1. The van der Waals surface area contributed by atoms with Crippen molar-refractivity contribution in [2.75, 3.05) is 6.61 Å². The van der Waals surface area contributed by atoms with Crippen molar-refractivity contribution in [3.8, 4) is 5.75 Å². The molecule has 0 aliphatic heterocycles. The van der Waals surface area contributed by atoms with Crippen molar-refractivity contribution < 1.29 is 9.53 Å². The lowest BCUT2D eigenvalue weighted by molar-refractivity contribution is -0.121. The van der Waals surface area contributed by atoms with Gasteiger partial charge in [-0.25, -0.2) is 5.43 Å². The Morgan fingerprint density at radius 3 is 2.47 bits per heavy atom. The largest absolute Gasteiger partial charge is 0.494 e. The third kappa shape index (κ3) is 5.55. The molecule has 0 atom stereocenters. The number of hydrogen-bond acceptors (Lipinski definition) is 3. The molecule has 0 radical (unpaired) electrons. The first kappa shape index (κ1) is 15.2. The van der Waals surface area contributed by atoms with E-state index >= 15 is 0 Å². The second-order valence-corrected chi connectivity index (χ2v) is 4.79. The van der Waals surface area contributed by atoms with E-state index in [0.717, 1.165) is 17.0 Å². The van der Waals surface area contributed by atoms with Gasteiger partial charge in [0.05, 0.1) is 12.3 Å². The number of nitrogens with one attached hydrogen (secondary N) is 1. The van der Waals surface area contributed by atoms with E-state index in [-0.39, 0.29) is 5.91 Å². The molecule has 0 aliphatic rings. The number of benzene rings is 1. The van der Waals surface area contributed by atoms with Crippen LogP contribution in [0.25, 0.3) is 0 Å². The molecule has 1 aromatic carbocycles. The molecule has 0 aliphatic carbocycles. The molecule has 0 spiro atoms. The standard InChI is InChI=1S/C15H22N2O2/c1-5-19-14-8-6-13(7-9-14)12(4)16-17-15(18)10-11(2)3/h6-9,11H,5,10H2,1-4H3,(H,17,18). The van der Waals surface area contributed by atoms with E-state index in [1.807, 2.05) is 52.0 Å². The molecule has 0 bridgehead atoms. The molecular formula is C15H22N2O2. The molecule has 0 fully saturated rings. The average Bonchev–Trinajstić information content (AvgIpc) is 2.36. The van der Waals surface area contributed by atoms with E-state index in [1.165, 1.54) is 0 Å². The van der Waals surface area contributed by atoms with Crippen LogP contribution in [0.3, 0.4) is 0 Å². The molecule has 4 heteroatoms. The highest BCUT2D eigenvalue weighted by molar-refractivity contribution is 5.99. The van der Waals surface area contributed by atoms with Crippen LogP contribution < -0.4 is 10.2 Å². The number of ether oxygens (including phenoxy) is 1. The van der Waals surface area contributed by atoms with E-state index in [2.05, 4.69) is 10.5 Å². The van der Waals surface area contributed by atoms with Gasteiger partial charge in [-0.15, -0.1) is 0 Å². The Bertz CT molecular complexity index is 436. The van der Waals surface area contributed by atoms with Crippen molar-refractivity contribution in [2.24, 2.45) is 11.0 Å². The minimum absolute atomic E-state index is 0.0553. The van der Waals surface area contributed by atoms with Gasteiger partial charge in [-0.05, 0) is 49.6 Å². The van der Waals surface area contributed by atoms with Gasteiger partial charge in [-0.3, -0.25) is 4.79 Å². The molecule has 0 aromatic heterocycles. The highest BCUT2D eigenvalue weighted by Crippen LogP contribution is 2.12. The number of carbonyl (C=O) groups is 1. The summed E-state index contributed by atoms with van der Waals surface area (Å²) in [7, 11) is 0. The van der Waals surface area contributed by atoms with Crippen LogP contribution >= 0.6 is 0 Å². The van der Waals surface area contributed by atoms with Crippen LogP contribution in [0, 0.1) is 5.92 Å². The second-order valence-electron chi connectivity index (χ2n) is 4.79. The van der Waals surface area contributed by atoms with E-state index in [4.69, 9.17) is 4.74 Å². The summed E-state index contributed by atoms with van der Waals surface area (Å²) < 4.78 is 5.37. The fourth-order valence-corrected chi connectivity index (χ4v) is 1.59. The van der Waals surface area contributed by atoms with Crippen molar-refractivity contribution in [1.29, 1.82) is 0 Å². The topological polar surface area (TPSA) is 50.7 Å². The van der Waals surface area contributed by atoms with Crippen LogP contribution in [0.5, 0.6) is 5.75 Å². The van der Waals surface area contributed by atoms with E-state index in [9.17, 15) is 4.79 Å². The predicted octanol–water partition coefficient (Wildman–Crippen LogP) is 2.97. The molecule has 1 rings (SSSR count). The molecular weight excluding hydrogens is 240 g/mol. The van der Waals surface area contributed by atoms with Crippen LogP contribution in [0.4, 0.5) is 0 Å². The molecule has 1 aromatic rings. The molecule has 4 nitrogen and oxygen atoms in total. The quantitative estimate of drug-likeness (QED) is 0.633. The monoisotopic (exact) mass is 262 g/mol. The van der Waals surface area contributed by atoms with E-state index in [1.54, 1.807) is 0 Å². The normalized spacial score (nSPS) is 11.5. The summed E-state index contributed by atoms with van der Waals surface area (Å²) in [6, 6.07) is 7.65. The SMILES string of the molecule is CCOc1ccc(C(C)=NNC(=O)CC(C)C)cc1. The Morgan fingerprint density at radius 1 is 1.32 bits per heavy atom. The fourth-order valence-electron chi connectivity index (χ4n) is 1.59. The number of amides is 1. The van der Waals surface area contributed by atoms with Crippen LogP contribution in [0.15, 0.2) is 29.4 Å². The van der Waals surface area contributed by atoms with Gasteiger partial charge in [0, 0.05) is 6.42 Å². The summed E-state index contributed by atoms with van der Waals surface area (Å²) in [4.78, 5) is 11.5. The van der Waals surface area contributed by atoms with E-state index in [0.29, 0.717) is 18.9 Å². The summed E-state index contributed by atoms with van der Waals surface area (Å²) in [5.41, 5.74) is 4.31. The average molecular weight is 262 g/mol. The Kier molecular flexibility index (Phi) is 6.06. The van der Waals surface area contributed by atoms with Gasteiger partial charge in [0.1, 0.15) is 5.75 Å². The summed E-state index contributed by atoms with van der Waals surface area (Å²) in [6.07, 6.45) is 0.486. The molecule has 0 unspecified atom stereocenters. The smallest absolute Gasteiger partial charge is 0.240 e. The molecule has 104 valence electrons. The van der Waals surface area contributed by atoms with Crippen molar-refractivity contribution in [3.05, 3.63) is 29.8 Å². The number of rotatable bonds is 6. The van der Waals surface area contributed by atoms with Crippen LogP contribution in [-0.2, 0) is 4.79 Å². The predicted molar refractivity (Wildman–Crippen MR) is 77.4 cm³/mol. The lowest BCUT2D eigenvalue weighted by Crippen LogP contribution is -2.20. The zero-order valence-electron chi connectivity index (χ0n) is 12.1. The summed E-state index contributed by atoms with van der Waals surface area (Å²) in [6.45, 7) is 8.47. The Hall–Kier alpha value is -1.84. The van der Waals surface area contributed by atoms with Crippen molar-refractivity contribution in [3.63, 3.8) is 0 Å². The van der Waals surface area contributed by atoms with Gasteiger partial charge in [-0.2, -0.15) is 5.10 Å². The minimum Gasteiger partial charge on any atom is -0.494 e. The first-order valence-electron chi connectivity index (χ1n) is 6.59. The molecule has 1 amide bonds. The highest BCUT2D eigenvalue weighted by Gasteiger charge is 2.04. The van der Waals surface area contributed by atoms with Crippen molar-refractivity contribution >= 4 is 11.6 Å². The summed E-state index contributed by atoms with van der Waals surface area (Å²) >= 11 is 0. The van der Waals surface area contributed by atoms with Crippen molar-refractivity contribution in [1.82, 2.24) is 5.43 Å². The first-order chi connectivity index (χ1) is 9.02. The highest BCUT2D eigenvalue weighted by atomic mass is 16.5. The van der Waals surface area contributed by atoms with Crippen LogP contribution in [0.1, 0.15) is 39.7 Å². The molecule has 0 saturated heterocycles. The van der Waals surface area contributed by atoms with Crippen LogP contribution in [-0.4, -0.2) is 18.2 Å². The Labute approximate surface area is 114 Å². The van der Waals surface area contributed by atoms with Gasteiger partial charge in [-0.1, -0.05) is 13.8 Å². The maximum atomic E-state index is 11.5. The lowest BCUT2D eigenvalue weighted by Gasteiger charge is -2.06. The Balaban J connectivity index is 2.61. The van der Waals surface area contributed by atoms with Gasteiger partial charge < -0.3 is 4.74 Å². The Morgan fingerprint density at radius 2 is 1.95 bits per heavy atom. The van der Waals surface area contributed by atoms with E-state index < -0.39 is 0 Å². The summed E-state index contributed by atoms with van der Waals surface area (Å²) in [5.74, 6) is 1.11. The third-order valence-corrected chi connectivity index (χ3v) is 2.53. The zero-order chi connectivity index (χ0) is 14.3. The molecule has 0 heterocycles. The number of nitrogens with zero attached hydrogens (tertiary/aromatic N) is 1. The van der Waals surface area contributed by atoms with Gasteiger partial charge in [0.25, 0.3) is 0 Å². The number of carbonyl (C=O) groups excluding carboxylic acids is 1. The maximum Gasteiger partial charge on any atom is 0.240 e. The maximum absolute atomic E-state index is 11.5. The fraction of sp³-hybridized carbons (Fsp3) is 0.467. The molecule has 0 saturated carbocycles. The van der Waals surface area contributed by atoms with Gasteiger partial charge >= 0.3 is 0 Å². The first-order valence-corrected chi connectivity index (χ1v) is 6.59.